The van der Waals surface area contributed by atoms with Crippen LogP contribution in [0.4, 0.5) is 9.52 Å². The SMILES string of the molecule is C=C(OC)c1ccc(-c2nnc(N(CCCC)C(=C)c3ccccc3F)s2)cc1. The van der Waals surface area contributed by atoms with E-state index in [0.717, 1.165) is 29.0 Å². The molecule has 2 aromatic carbocycles. The molecule has 0 aliphatic heterocycles. The van der Waals surface area contributed by atoms with E-state index in [-0.39, 0.29) is 5.82 Å². The molecule has 0 fully saturated rings. The Morgan fingerprint density at radius 2 is 1.83 bits per heavy atom. The summed E-state index contributed by atoms with van der Waals surface area (Å²) < 4.78 is 19.5. The number of methoxy groups -OCH3 is 1. The van der Waals surface area contributed by atoms with Crippen LogP contribution in [0.2, 0.25) is 0 Å². The summed E-state index contributed by atoms with van der Waals surface area (Å²) in [6.07, 6.45) is 1.95. The van der Waals surface area contributed by atoms with Gasteiger partial charge in [-0.25, -0.2) is 4.39 Å². The summed E-state index contributed by atoms with van der Waals surface area (Å²) in [5.41, 5.74) is 2.93. The largest absolute Gasteiger partial charge is 0.497 e. The van der Waals surface area contributed by atoms with Gasteiger partial charge in [-0.15, -0.1) is 10.2 Å². The second-order valence-electron chi connectivity index (χ2n) is 6.53. The number of nitrogens with zero attached hydrogens (tertiary/aromatic N) is 3. The first-order chi connectivity index (χ1) is 14.0. The van der Waals surface area contributed by atoms with Crippen molar-refractivity contribution in [2.45, 2.75) is 19.8 Å². The van der Waals surface area contributed by atoms with E-state index >= 15 is 0 Å². The number of hydrogen-bond acceptors (Lipinski definition) is 5. The lowest BCUT2D eigenvalue weighted by molar-refractivity contribution is 0.371. The Labute approximate surface area is 175 Å². The molecule has 0 radical (unpaired) electrons. The molecule has 1 aromatic heterocycles. The van der Waals surface area contributed by atoms with Crippen molar-refractivity contribution in [3.05, 3.63) is 78.6 Å². The van der Waals surface area contributed by atoms with Crippen LogP contribution in [-0.4, -0.2) is 23.9 Å². The molecule has 29 heavy (non-hydrogen) atoms. The molecule has 0 unspecified atom stereocenters. The fourth-order valence-corrected chi connectivity index (χ4v) is 3.76. The lowest BCUT2D eigenvalue weighted by Gasteiger charge is -2.24. The first-order valence-electron chi connectivity index (χ1n) is 9.43. The molecule has 0 saturated heterocycles. The van der Waals surface area contributed by atoms with E-state index in [0.29, 0.717) is 28.7 Å². The Kier molecular flexibility index (Phi) is 6.77. The number of halogens is 1. The molecule has 4 nitrogen and oxygen atoms in total. The average Bonchev–Trinajstić information content (AvgIpc) is 3.23. The number of rotatable bonds is 9. The van der Waals surface area contributed by atoms with Crippen molar-refractivity contribution >= 4 is 27.9 Å². The zero-order valence-corrected chi connectivity index (χ0v) is 17.5. The highest BCUT2D eigenvalue weighted by molar-refractivity contribution is 7.18. The van der Waals surface area contributed by atoms with Crippen molar-refractivity contribution in [3.8, 4) is 10.6 Å². The lowest BCUT2D eigenvalue weighted by Crippen LogP contribution is -2.22. The van der Waals surface area contributed by atoms with Gasteiger partial charge in [-0.3, -0.25) is 0 Å². The Morgan fingerprint density at radius 1 is 1.10 bits per heavy atom. The Bertz CT molecular complexity index is 997. The first-order valence-corrected chi connectivity index (χ1v) is 10.2. The van der Waals surface area contributed by atoms with E-state index in [4.69, 9.17) is 4.74 Å². The fraction of sp³-hybridized carbons (Fsp3) is 0.217. The van der Waals surface area contributed by atoms with Crippen LogP contribution in [-0.2, 0) is 4.74 Å². The molecule has 3 aromatic rings. The van der Waals surface area contributed by atoms with Gasteiger partial charge in [-0.1, -0.05) is 74.2 Å². The van der Waals surface area contributed by atoms with E-state index in [1.165, 1.54) is 17.4 Å². The molecule has 0 saturated carbocycles. The van der Waals surface area contributed by atoms with Crippen LogP contribution in [0.3, 0.4) is 0 Å². The monoisotopic (exact) mass is 409 g/mol. The van der Waals surface area contributed by atoms with E-state index < -0.39 is 0 Å². The van der Waals surface area contributed by atoms with Crippen LogP contribution in [0.25, 0.3) is 22.0 Å². The number of hydrogen-bond donors (Lipinski definition) is 0. The number of unbranched alkanes of at least 4 members (excludes halogenated alkanes) is 1. The lowest BCUT2D eigenvalue weighted by atomic mass is 10.1. The fourth-order valence-electron chi connectivity index (χ4n) is 2.86. The molecule has 0 atom stereocenters. The highest BCUT2D eigenvalue weighted by Crippen LogP contribution is 2.33. The van der Waals surface area contributed by atoms with Crippen molar-refractivity contribution < 1.29 is 9.13 Å². The van der Waals surface area contributed by atoms with Gasteiger partial charge in [0.2, 0.25) is 5.13 Å². The first kappa shape index (κ1) is 20.7. The Morgan fingerprint density at radius 3 is 2.48 bits per heavy atom. The Hall–Kier alpha value is -2.99. The van der Waals surface area contributed by atoms with Gasteiger partial charge in [-0.05, 0) is 18.6 Å². The molecular weight excluding hydrogens is 385 g/mol. The molecular formula is C23H24FN3OS. The van der Waals surface area contributed by atoms with Crippen LogP contribution in [0.5, 0.6) is 0 Å². The third-order valence-electron chi connectivity index (χ3n) is 4.59. The van der Waals surface area contributed by atoms with E-state index in [2.05, 4.69) is 30.3 Å². The highest BCUT2D eigenvalue weighted by Gasteiger charge is 2.19. The summed E-state index contributed by atoms with van der Waals surface area (Å²) in [6.45, 7) is 10.8. The normalized spacial score (nSPS) is 10.6. The van der Waals surface area contributed by atoms with Gasteiger partial charge in [0.15, 0.2) is 0 Å². The van der Waals surface area contributed by atoms with E-state index in [1.54, 1.807) is 19.2 Å². The number of benzene rings is 2. The smallest absolute Gasteiger partial charge is 0.213 e. The highest BCUT2D eigenvalue weighted by atomic mass is 32.1. The van der Waals surface area contributed by atoms with Crippen LogP contribution in [0.15, 0.2) is 61.7 Å². The number of aromatic nitrogens is 2. The van der Waals surface area contributed by atoms with Gasteiger partial charge in [0.05, 0.1) is 7.11 Å². The van der Waals surface area contributed by atoms with E-state index in [1.807, 2.05) is 35.2 Å². The summed E-state index contributed by atoms with van der Waals surface area (Å²) in [5.74, 6) is 0.319. The standard InChI is InChI=1S/C23H24FN3OS/c1-5-6-15-27(16(2)20-9-7-8-10-21(20)24)23-26-25-22(29-23)19-13-11-18(12-14-19)17(3)28-4/h7-14H,2-3,5-6,15H2,1,4H3. The summed E-state index contributed by atoms with van der Waals surface area (Å²) in [6, 6.07) is 14.5. The summed E-state index contributed by atoms with van der Waals surface area (Å²) in [4.78, 5) is 1.95. The van der Waals surface area contributed by atoms with Crippen LogP contribution in [0.1, 0.15) is 30.9 Å². The summed E-state index contributed by atoms with van der Waals surface area (Å²) in [7, 11) is 1.60. The minimum Gasteiger partial charge on any atom is -0.497 e. The molecule has 0 aliphatic carbocycles. The van der Waals surface area contributed by atoms with Crippen molar-refractivity contribution in [2.24, 2.45) is 0 Å². The topological polar surface area (TPSA) is 38.3 Å². The third-order valence-corrected chi connectivity index (χ3v) is 5.59. The molecule has 3 rings (SSSR count). The second kappa shape index (κ2) is 9.47. The maximum absolute atomic E-state index is 14.3. The third kappa shape index (κ3) is 4.71. The quantitative estimate of drug-likeness (QED) is 0.392. The van der Waals surface area contributed by atoms with Crippen LogP contribution in [0, 0.1) is 5.82 Å². The number of anilines is 1. The molecule has 0 N–H and O–H groups in total. The van der Waals surface area contributed by atoms with Crippen molar-refractivity contribution in [1.82, 2.24) is 10.2 Å². The molecule has 6 heteroatoms. The molecule has 0 aliphatic rings. The maximum atomic E-state index is 14.3. The summed E-state index contributed by atoms with van der Waals surface area (Å²) >= 11 is 1.46. The zero-order valence-electron chi connectivity index (χ0n) is 16.7. The minimum atomic E-state index is -0.294. The van der Waals surface area contributed by atoms with Crippen molar-refractivity contribution in [3.63, 3.8) is 0 Å². The minimum absolute atomic E-state index is 0.294. The predicted octanol–water partition coefficient (Wildman–Crippen LogP) is 6.24. The second-order valence-corrected chi connectivity index (χ2v) is 7.48. The molecule has 0 bridgehead atoms. The van der Waals surface area contributed by atoms with Crippen molar-refractivity contribution in [2.75, 3.05) is 18.6 Å². The predicted molar refractivity (Wildman–Crippen MR) is 119 cm³/mol. The van der Waals surface area contributed by atoms with Gasteiger partial charge in [-0.2, -0.15) is 0 Å². The van der Waals surface area contributed by atoms with Crippen LogP contribution >= 0.6 is 11.3 Å². The van der Waals surface area contributed by atoms with Gasteiger partial charge in [0.25, 0.3) is 0 Å². The van der Waals surface area contributed by atoms with Crippen LogP contribution < -0.4 is 4.90 Å². The molecule has 0 spiro atoms. The zero-order chi connectivity index (χ0) is 20.8. The molecule has 0 amide bonds. The van der Waals surface area contributed by atoms with Gasteiger partial charge >= 0.3 is 0 Å². The molecule has 150 valence electrons. The number of ether oxygens (including phenoxy) is 1. The average molecular weight is 410 g/mol. The summed E-state index contributed by atoms with van der Waals surface area (Å²) in [5, 5.41) is 10.2. The van der Waals surface area contributed by atoms with Gasteiger partial charge in [0, 0.05) is 28.9 Å². The Balaban J connectivity index is 1.88. The van der Waals surface area contributed by atoms with Gasteiger partial charge in [0.1, 0.15) is 16.6 Å². The molecule has 1 heterocycles. The van der Waals surface area contributed by atoms with Crippen molar-refractivity contribution in [1.29, 1.82) is 0 Å². The van der Waals surface area contributed by atoms with E-state index in [9.17, 15) is 4.39 Å². The van der Waals surface area contributed by atoms with Gasteiger partial charge < -0.3 is 9.64 Å². The maximum Gasteiger partial charge on any atom is 0.213 e.